The third kappa shape index (κ3) is 4.25. The van der Waals surface area contributed by atoms with Crippen molar-refractivity contribution in [3.63, 3.8) is 0 Å². The fourth-order valence-electron chi connectivity index (χ4n) is 4.00. The highest BCUT2D eigenvalue weighted by atomic mass is 35.5. The summed E-state index contributed by atoms with van der Waals surface area (Å²) in [5.74, 6) is -0.141. The summed E-state index contributed by atoms with van der Waals surface area (Å²) in [4.78, 5) is 31.4. The van der Waals surface area contributed by atoms with Crippen molar-refractivity contribution in [3.8, 4) is 0 Å². The molecule has 8 heteroatoms. The molecule has 0 saturated carbocycles. The van der Waals surface area contributed by atoms with Crippen LogP contribution in [0.15, 0.2) is 18.2 Å². The van der Waals surface area contributed by atoms with Gasteiger partial charge < -0.3 is 19.4 Å². The highest BCUT2D eigenvalue weighted by molar-refractivity contribution is 6.31. The Kier molecular flexibility index (Phi) is 6.45. The molecule has 0 aliphatic carbocycles. The number of hydrogen-bond acceptors (Lipinski definition) is 3. The fraction of sp³-hybridized carbons (Fsp3) is 0.600. The second kappa shape index (κ2) is 8.66. The van der Waals surface area contributed by atoms with E-state index in [2.05, 4.69) is 0 Å². The average Bonchev–Trinajstić information content (AvgIpc) is 2.93. The lowest BCUT2D eigenvalue weighted by Gasteiger charge is -2.42. The van der Waals surface area contributed by atoms with Gasteiger partial charge in [0.15, 0.2) is 0 Å². The first-order chi connectivity index (χ1) is 13.3. The molecule has 2 saturated heterocycles. The Labute approximate surface area is 170 Å². The molecule has 2 aliphatic rings. The Morgan fingerprint density at radius 1 is 1.25 bits per heavy atom. The average molecular weight is 412 g/mol. The number of fused-ring (bicyclic) bond motifs is 1. The largest absolute Gasteiger partial charge is 0.383 e. The van der Waals surface area contributed by atoms with Gasteiger partial charge in [-0.2, -0.15) is 0 Å². The molecule has 28 heavy (non-hydrogen) atoms. The van der Waals surface area contributed by atoms with Gasteiger partial charge in [-0.15, -0.1) is 0 Å². The molecule has 0 N–H and O–H groups in total. The molecule has 6 nitrogen and oxygen atoms in total. The molecule has 0 aromatic heterocycles. The highest BCUT2D eigenvalue weighted by Crippen LogP contribution is 2.31. The van der Waals surface area contributed by atoms with Crippen molar-refractivity contribution in [1.29, 1.82) is 0 Å². The van der Waals surface area contributed by atoms with Gasteiger partial charge in [0.1, 0.15) is 11.9 Å². The zero-order valence-electron chi connectivity index (χ0n) is 16.5. The predicted molar refractivity (Wildman–Crippen MR) is 105 cm³/mol. The van der Waals surface area contributed by atoms with Crippen molar-refractivity contribution >= 4 is 23.5 Å². The van der Waals surface area contributed by atoms with Gasteiger partial charge in [0.2, 0.25) is 5.91 Å². The molecular weight excluding hydrogens is 385 g/mol. The Bertz CT molecular complexity index is 745. The van der Waals surface area contributed by atoms with Gasteiger partial charge >= 0.3 is 6.03 Å². The summed E-state index contributed by atoms with van der Waals surface area (Å²) in [7, 11) is 1.61. The first-order valence-corrected chi connectivity index (χ1v) is 9.98. The number of nitrogens with zero attached hydrogens (tertiary/aromatic N) is 3. The number of carbonyl (C=O) groups is 2. The second-order valence-corrected chi connectivity index (χ2v) is 8.29. The number of halogens is 2. The van der Waals surface area contributed by atoms with Gasteiger partial charge in [0.25, 0.3) is 0 Å². The zero-order valence-corrected chi connectivity index (χ0v) is 17.3. The summed E-state index contributed by atoms with van der Waals surface area (Å²) in [6.07, 6.45) is 0.621. The lowest BCUT2D eigenvalue weighted by atomic mass is 9.97. The van der Waals surface area contributed by atoms with Crippen LogP contribution in [-0.4, -0.2) is 72.1 Å². The van der Waals surface area contributed by atoms with E-state index in [1.54, 1.807) is 27.9 Å². The molecule has 0 radical (unpaired) electrons. The number of hydrogen-bond donors (Lipinski definition) is 0. The van der Waals surface area contributed by atoms with Crippen LogP contribution in [0.25, 0.3) is 0 Å². The van der Waals surface area contributed by atoms with Crippen LogP contribution in [0.5, 0.6) is 0 Å². The highest BCUT2D eigenvalue weighted by Gasteiger charge is 2.49. The van der Waals surface area contributed by atoms with E-state index in [-0.39, 0.29) is 23.9 Å². The van der Waals surface area contributed by atoms with Crippen LogP contribution in [0, 0.1) is 11.7 Å². The van der Waals surface area contributed by atoms with Gasteiger partial charge in [-0.25, -0.2) is 9.18 Å². The van der Waals surface area contributed by atoms with Crippen LogP contribution in [0.4, 0.5) is 9.18 Å². The third-order valence-electron chi connectivity index (χ3n) is 5.32. The third-order valence-corrected chi connectivity index (χ3v) is 5.67. The van der Waals surface area contributed by atoms with Crippen molar-refractivity contribution in [2.45, 2.75) is 38.9 Å². The lowest BCUT2D eigenvalue weighted by Crippen LogP contribution is -2.61. The standard InChI is InChI=1S/C20H27ClFN3O3/c1-13(2)8-18-19(26)23(6-7-28-3)11-16-12-24(20(27)25(16)18)10-14-4-5-15(22)9-17(14)21/h4-5,9,13,16,18H,6-8,10-12H2,1-3H3/t16-,18+/m1/s1. The Morgan fingerprint density at radius 3 is 2.61 bits per heavy atom. The molecular formula is C20H27ClFN3O3. The Morgan fingerprint density at radius 2 is 1.96 bits per heavy atom. The molecule has 2 heterocycles. The maximum absolute atomic E-state index is 13.3. The Balaban J connectivity index is 1.81. The van der Waals surface area contributed by atoms with Crippen LogP contribution in [-0.2, 0) is 16.1 Å². The summed E-state index contributed by atoms with van der Waals surface area (Å²) in [6, 6.07) is 3.51. The first kappa shape index (κ1) is 20.9. The summed E-state index contributed by atoms with van der Waals surface area (Å²) in [6.45, 7) is 6.39. The molecule has 2 atom stereocenters. The van der Waals surface area contributed by atoms with Crippen molar-refractivity contribution < 1.29 is 18.7 Å². The summed E-state index contributed by atoms with van der Waals surface area (Å²) >= 11 is 6.14. The van der Waals surface area contributed by atoms with Gasteiger partial charge in [0, 0.05) is 38.3 Å². The van der Waals surface area contributed by atoms with Crippen molar-refractivity contribution in [2.75, 3.05) is 33.4 Å². The van der Waals surface area contributed by atoms with E-state index < -0.39 is 11.9 Å². The molecule has 0 unspecified atom stereocenters. The molecule has 1 aromatic rings. The van der Waals surface area contributed by atoms with Crippen LogP contribution in [0.1, 0.15) is 25.8 Å². The van der Waals surface area contributed by atoms with E-state index in [9.17, 15) is 14.0 Å². The number of ether oxygens (including phenoxy) is 1. The lowest BCUT2D eigenvalue weighted by molar-refractivity contribution is -0.143. The molecule has 1 aromatic carbocycles. The van der Waals surface area contributed by atoms with Crippen LogP contribution in [0.3, 0.4) is 0 Å². The number of urea groups is 1. The van der Waals surface area contributed by atoms with E-state index in [4.69, 9.17) is 16.3 Å². The van der Waals surface area contributed by atoms with Gasteiger partial charge in [-0.1, -0.05) is 31.5 Å². The normalized spacial score (nSPS) is 22.4. The Hall–Kier alpha value is -1.86. The van der Waals surface area contributed by atoms with Gasteiger partial charge in [0.05, 0.1) is 12.6 Å². The number of piperazine rings is 1. The minimum Gasteiger partial charge on any atom is -0.383 e. The minimum absolute atomic E-state index is 0.0167. The number of amides is 3. The molecule has 154 valence electrons. The maximum atomic E-state index is 13.3. The van der Waals surface area contributed by atoms with Gasteiger partial charge in [-0.3, -0.25) is 4.79 Å². The summed E-state index contributed by atoms with van der Waals surface area (Å²) < 4.78 is 18.4. The van der Waals surface area contributed by atoms with Gasteiger partial charge in [-0.05, 0) is 30.0 Å². The second-order valence-electron chi connectivity index (χ2n) is 7.88. The van der Waals surface area contributed by atoms with Crippen LogP contribution < -0.4 is 0 Å². The predicted octanol–water partition coefficient (Wildman–Crippen LogP) is 2.99. The van der Waals surface area contributed by atoms with Crippen LogP contribution >= 0.6 is 11.6 Å². The van der Waals surface area contributed by atoms with Crippen LogP contribution in [0.2, 0.25) is 5.02 Å². The summed E-state index contributed by atoms with van der Waals surface area (Å²) in [5, 5.41) is 0.300. The molecule has 2 aliphatic heterocycles. The van der Waals surface area contributed by atoms with Crippen molar-refractivity contribution in [1.82, 2.24) is 14.7 Å². The number of carbonyl (C=O) groups excluding carboxylic acids is 2. The quantitative estimate of drug-likeness (QED) is 0.693. The number of benzene rings is 1. The number of methoxy groups -OCH3 is 1. The first-order valence-electron chi connectivity index (χ1n) is 9.60. The monoisotopic (exact) mass is 411 g/mol. The van der Waals surface area contributed by atoms with Crippen molar-refractivity contribution in [2.24, 2.45) is 5.92 Å². The fourth-order valence-corrected chi connectivity index (χ4v) is 4.23. The van der Waals surface area contributed by atoms with E-state index in [1.165, 1.54) is 12.1 Å². The number of rotatable bonds is 7. The maximum Gasteiger partial charge on any atom is 0.321 e. The van der Waals surface area contributed by atoms with E-state index in [1.807, 2.05) is 13.8 Å². The topological polar surface area (TPSA) is 53.1 Å². The molecule has 2 fully saturated rings. The SMILES string of the molecule is COCCN1C[C@@H]2CN(Cc3ccc(F)cc3Cl)C(=O)N2[C@@H](CC(C)C)C1=O. The van der Waals surface area contributed by atoms with E-state index >= 15 is 0 Å². The smallest absolute Gasteiger partial charge is 0.321 e. The summed E-state index contributed by atoms with van der Waals surface area (Å²) in [5.41, 5.74) is 0.694. The van der Waals surface area contributed by atoms with Crippen molar-refractivity contribution in [3.05, 3.63) is 34.6 Å². The zero-order chi connectivity index (χ0) is 20.4. The molecule has 3 rings (SSSR count). The van der Waals surface area contributed by atoms with E-state index in [0.717, 1.165) is 0 Å². The molecule has 0 spiro atoms. The minimum atomic E-state index is -0.461. The molecule has 3 amide bonds. The molecule has 0 bridgehead atoms. The van der Waals surface area contributed by atoms with E-state index in [0.29, 0.717) is 49.8 Å².